The quantitative estimate of drug-likeness (QED) is 0.526. The summed E-state index contributed by atoms with van der Waals surface area (Å²) in [7, 11) is -3.82. The minimum atomic E-state index is -3.82. The highest BCUT2D eigenvalue weighted by atomic mass is 32.2. The lowest BCUT2D eigenvalue weighted by Gasteiger charge is -2.16. The fraction of sp³-hybridized carbons (Fsp3) is 0.188. The van der Waals surface area contributed by atoms with Gasteiger partial charge in [0, 0.05) is 6.04 Å². The number of hydrogen-bond donors (Lipinski definition) is 4. The van der Waals surface area contributed by atoms with E-state index in [1.54, 1.807) is 0 Å². The van der Waals surface area contributed by atoms with Crippen molar-refractivity contribution in [2.24, 2.45) is 0 Å². The molecule has 0 fully saturated rings. The van der Waals surface area contributed by atoms with Crippen molar-refractivity contribution in [3.8, 4) is 0 Å². The van der Waals surface area contributed by atoms with E-state index in [0.29, 0.717) is 17.5 Å². The summed E-state index contributed by atoms with van der Waals surface area (Å²) in [4.78, 5) is 16.4. The number of aliphatic hydroxyl groups is 1. The Balaban J connectivity index is 1.83. The molecule has 1 heterocycles. The summed E-state index contributed by atoms with van der Waals surface area (Å²) in [5.41, 5.74) is 1.46. The van der Waals surface area contributed by atoms with Crippen molar-refractivity contribution in [1.82, 2.24) is 14.7 Å². The van der Waals surface area contributed by atoms with Crippen LogP contribution in [0.2, 0.25) is 0 Å². The zero-order valence-corrected chi connectivity index (χ0v) is 13.5. The van der Waals surface area contributed by atoms with Gasteiger partial charge in [-0.1, -0.05) is 30.3 Å². The standard InChI is InChI=1S/C16H17N3O4S/c20-10-12(8-11-4-2-1-3-5-11)19-24(22,23)13-6-7-14-15(9-13)18-16(21)17-14/h1-7,9,12,19-20H,8,10H2,(H2,17,18,21). The van der Waals surface area contributed by atoms with Crippen LogP contribution in [0.5, 0.6) is 0 Å². The summed E-state index contributed by atoms with van der Waals surface area (Å²) in [6, 6.07) is 13.0. The minimum Gasteiger partial charge on any atom is -0.395 e. The van der Waals surface area contributed by atoms with E-state index in [9.17, 15) is 18.3 Å². The molecule has 0 aliphatic rings. The molecule has 0 spiro atoms. The lowest BCUT2D eigenvalue weighted by atomic mass is 10.1. The van der Waals surface area contributed by atoms with Crippen LogP contribution in [0.3, 0.4) is 0 Å². The van der Waals surface area contributed by atoms with Gasteiger partial charge in [0.05, 0.1) is 22.5 Å². The zero-order chi connectivity index (χ0) is 17.2. The van der Waals surface area contributed by atoms with Crippen LogP contribution < -0.4 is 10.4 Å². The molecule has 2 aromatic carbocycles. The summed E-state index contributed by atoms with van der Waals surface area (Å²) in [5.74, 6) is 0. The molecule has 8 heteroatoms. The van der Waals surface area contributed by atoms with Gasteiger partial charge in [-0.25, -0.2) is 17.9 Å². The van der Waals surface area contributed by atoms with E-state index in [4.69, 9.17) is 0 Å². The summed E-state index contributed by atoms with van der Waals surface area (Å²) in [6.07, 6.45) is 0.375. The van der Waals surface area contributed by atoms with Crippen molar-refractivity contribution in [2.75, 3.05) is 6.61 Å². The van der Waals surface area contributed by atoms with Crippen LogP contribution in [0, 0.1) is 0 Å². The van der Waals surface area contributed by atoms with Crippen LogP contribution in [0.15, 0.2) is 58.2 Å². The molecule has 0 bridgehead atoms. The first-order valence-electron chi connectivity index (χ1n) is 7.37. The Labute approximate surface area is 138 Å². The fourth-order valence-corrected chi connectivity index (χ4v) is 3.76. The molecule has 126 valence electrons. The maximum absolute atomic E-state index is 12.5. The topological polar surface area (TPSA) is 115 Å². The second-order valence-electron chi connectivity index (χ2n) is 5.48. The third-order valence-electron chi connectivity index (χ3n) is 3.66. The Morgan fingerprint density at radius 3 is 2.46 bits per heavy atom. The van der Waals surface area contributed by atoms with E-state index in [0.717, 1.165) is 5.56 Å². The van der Waals surface area contributed by atoms with E-state index < -0.39 is 21.8 Å². The Morgan fingerprint density at radius 1 is 1.04 bits per heavy atom. The summed E-state index contributed by atoms with van der Waals surface area (Å²) in [6.45, 7) is -0.322. The number of H-pyrrole nitrogens is 2. The third-order valence-corrected chi connectivity index (χ3v) is 5.18. The van der Waals surface area contributed by atoms with E-state index in [2.05, 4.69) is 14.7 Å². The van der Waals surface area contributed by atoms with Crippen molar-refractivity contribution < 1.29 is 13.5 Å². The van der Waals surface area contributed by atoms with Gasteiger partial charge in [-0.2, -0.15) is 0 Å². The van der Waals surface area contributed by atoms with Crippen molar-refractivity contribution in [1.29, 1.82) is 0 Å². The largest absolute Gasteiger partial charge is 0.395 e. The Bertz CT molecular complexity index is 993. The van der Waals surface area contributed by atoms with Crippen molar-refractivity contribution in [3.63, 3.8) is 0 Å². The molecule has 1 aromatic heterocycles. The zero-order valence-electron chi connectivity index (χ0n) is 12.7. The van der Waals surface area contributed by atoms with Gasteiger partial charge in [0.2, 0.25) is 10.0 Å². The highest BCUT2D eigenvalue weighted by Gasteiger charge is 2.20. The number of hydrogen-bond acceptors (Lipinski definition) is 4. The van der Waals surface area contributed by atoms with Gasteiger partial charge in [0.15, 0.2) is 0 Å². The third kappa shape index (κ3) is 3.56. The van der Waals surface area contributed by atoms with Crippen LogP contribution in [0.1, 0.15) is 5.56 Å². The second kappa shape index (κ2) is 6.60. The molecule has 0 amide bonds. The van der Waals surface area contributed by atoms with Gasteiger partial charge >= 0.3 is 5.69 Å². The van der Waals surface area contributed by atoms with Crippen molar-refractivity contribution in [3.05, 3.63) is 64.6 Å². The maximum Gasteiger partial charge on any atom is 0.323 e. The number of fused-ring (bicyclic) bond motifs is 1. The SMILES string of the molecule is O=c1[nH]c2ccc(S(=O)(=O)NC(CO)Cc3ccccc3)cc2[nH]1. The minimum absolute atomic E-state index is 0.0248. The predicted molar refractivity (Wildman–Crippen MR) is 90.3 cm³/mol. The fourth-order valence-electron chi connectivity index (χ4n) is 2.51. The molecule has 4 N–H and O–H groups in total. The average Bonchev–Trinajstić information content (AvgIpc) is 2.94. The molecular weight excluding hydrogens is 330 g/mol. The highest BCUT2D eigenvalue weighted by molar-refractivity contribution is 7.89. The molecule has 0 aliphatic carbocycles. The molecule has 3 aromatic rings. The number of aromatic amines is 2. The molecule has 24 heavy (non-hydrogen) atoms. The Kier molecular flexibility index (Phi) is 4.52. The number of rotatable bonds is 6. The molecule has 0 aliphatic heterocycles. The highest BCUT2D eigenvalue weighted by Crippen LogP contribution is 2.16. The van der Waals surface area contributed by atoms with E-state index in [-0.39, 0.29) is 11.5 Å². The van der Waals surface area contributed by atoms with Gasteiger partial charge in [-0.05, 0) is 30.2 Å². The van der Waals surface area contributed by atoms with Crippen LogP contribution in [0.25, 0.3) is 11.0 Å². The lowest BCUT2D eigenvalue weighted by Crippen LogP contribution is -2.39. The Morgan fingerprint density at radius 2 is 1.75 bits per heavy atom. The monoisotopic (exact) mass is 347 g/mol. The number of aliphatic hydroxyl groups excluding tert-OH is 1. The van der Waals surface area contributed by atoms with Crippen molar-refractivity contribution in [2.45, 2.75) is 17.4 Å². The van der Waals surface area contributed by atoms with E-state index in [1.807, 2.05) is 30.3 Å². The smallest absolute Gasteiger partial charge is 0.323 e. The van der Waals surface area contributed by atoms with Gasteiger partial charge in [-0.3, -0.25) is 0 Å². The normalized spacial score (nSPS) is 13.2. The average molecular weight is 347 g/mol. The maximum atomic E-state index is 12.5. The number of nitrogens with one attached hydrogen (secondary N) is 3. The molecular formula is C16H17N3O4S. The predicted octanol–water partition coefficient (Wildman–Crippen LogP) is 0.738. The van der Waals surface area contributed by atoms with Crippen LogP contribution >= 0.6 is 0 Å². The molecule has 3 rings (SSSR count). The van der Waals surface area contributed by atoms with Crippen LogP contribution in [0.4, 0.5) is 0 Å². The molecule has 0 saturated carbocycles. The molecule has 1 atom stereocenters. The molecule has 7 nitrogen and oxygen atoms in total. The number of aromatic nitrogens is 2. The molecule has 1 unspecified atom stereocenters. The van der Waals surface area contributed by atoms with Crippen LogP contribution in [-0.2, 0) is 16.4 Å². The van der Waals surface area contributed by atoms with Gasteiger partial charge in [-0.15, -0.1) is 0 Å². The van der Waals surface area contributed by atoms with E-state index in [1.165, 1.54) is 18.2 Å². The number of imidazole rings is 1. The van der Waals surface area contributed by atoms with Gasteiger partial charge in [0.1, 0.15) is 0 Å². The molecule has 0 radical (unpaired) electrons. The lowest BCUT2D eigenvalue weighted by molar-refractivity contribution is 0.256. The molecule has 0 saturated heterocycles. The number of benzene rings is 2. The van der Waals surface area contributed by atoms with Gasteiger partial charge < -0.3 is 15.1 Å². The summed E-state index contributed by atoms with van der Waals surface area (Å²) in [5, 5.41) is 9.49. The summed E-state index contributed by atoms with van der Waals surface area (Å²) >= 11 is 0. The number of sulfonamides is 1. The first kappa shape index (κ1) is 16.4. The summed E-state index contributed by atoms with van der Waals surface area (Å²) < 4.78 is 27.5. The Hall–Kier alpha value is -2.42. The first-order chi connectivity index (χ1) is 11.5. The van der Waals surface area contributed by atoms with Gasteiger partial charge in [0.25, 0.3) is 0 Å². The van der Waals surface area contributed by atoms with Crippen LogP contribution in [-0.4, -0.2) is 36.1 Å². The first-order valence-corrected chi connectivity index (χ1v) is 8.85. The van der Waals surface area contributed by atoms with Crippen molar-refractivity contribution >= 4 is 21.1 Å². The second-order valence-corrected chi connectivity index (χ2v) is 7.19. The van der Waals surface area contributed by atoms with E-state index >= 15 is 0 Å².